The van der Waals surface area contributed by atoms with Gasteiger partial charge < -0.3 is 14.4 Å². The van der Waals surface area contributed by atoms with E-state index in [1.807, 2.05) is 29.2 Å². The molecule has 1 saturated heterocycles. The molecule has 1 aromatic carbocycles. The zero-order valence-corrected chi connectivity index (χ0v) is 16.6. The van der Waals surface area contributed by atoms with Crippen LogP contribution < -0.4 is 10.5 Å². The van der Waals surface area contributed by atoms with Gasteiger partial charge in [-0.05, 0) is 55.4 Å². The molecule has 0 unspecified atom stereocenters. The van der Waals surface area contributed by atoms with E-state index in [0.29, 0.717) is 54.1 Å². The van der Waals surface area contributed by atoms with E-state index in [4.69, 9.17) is 4.42 Å². The minimum atomic E-state index is -0.750. The summed E-state index contributed by atoms with van der Waals surface area (Å²) in [4.78, 5) is 35.4. The Balaban J connectivity index is 1.54. The number of aliphatic carboxylic acids is 1. The monoisotopic (exact) mass is 405 g/mol. The van der Waals surface area contributed by atoms with Crippen LogP contribution in [-0.2, 0) is 4.79 Å². The van der Waals surface area contributed by atoms with Crippen LogP contribution in [-0.4, -0.2) is 34.1 Å². The molecule has 0 radical (unpaired) electrons. The van der Waals surface area contributed by atoms with Gasteiger partial charge in [0.15, 0.2) is 0 Å². The van der Waals surface area contributed by atoms with E-state index in [0.717, 1.165) is 18.4 Å². The Morgan fingerprint density at radius 2 is 1.90 bits per heavy atom. The van der Waals surface area contributed by atoms with E-state index in [1.54, 1.807) is 12.3 Å². The third-order valence-electron chi connectivity index (χ3n) is 6.40. The standard InChI is InChI=1S/C23H23N3O4/c27-22(28)15-9-12-26(13-10-15)20-17(7-3-11-24-20)21-25-18-8-2-6-16(14-4-1-5-14)19(18)23(29)30-21/h2-3,6-8,11,14-15H,1,4-5,9-10,12-13H2,(H,27,28). The van der Waals surface area contributed by atoms with Crippen LogP contribution in [0.15, 0.2) is 45.7 Å². The summed E-state index contributed by atoms with van der Waals surface area (Å²) in [5.74, 6) is 0.261. The summed E-state index contributed by atoms with van der Waals surface area (Å²) < 4.78 is 5.70. The highest BCUT2D eigenvalue weighted by atomic mass is 16.4. The fourth-order valence-electron chi connectivity index (χ4n) is 4.47. The van der Waals surface area contributed by atoms with Crippen LogP contribution in [0.4, 0.5) is 5.82 Å². The summed E-state index contributed by atoms with van der Waals surface area (Å²) in [7, 11) is 0. The summed E-state index contributed by atoms with van der Waals surface area (Å²) in [6, 6.07) is 9.45. The number of carboxylic acids is 1. The van der Waals surface area contributed by atoms with Crippen LogP contribution in [0.25, 0.3) is 22.4 Å². The van der Waals surface area contributed by atoms with Crippen molar-refractivity contribution in [1.82, 2.24) is 9.97 Å². The average molecular weight is 405 g/mol. The first-order valence-corrected chi connectivity index (χ1v) is 10.5. The normalized spacial score (nSPS) is 17.8. The summed E-state index contributed by atoms with van der Waals surface area (Å²) in [5, 5.41) is 9.83. The number of aromatic nitrogens is 2. The second kappa shape index (κ2) is 7.55. The maximum absolute atomic E-state index is 12.9. The topological polar surface area (TPSA) is 96.5 Å². The van der Waals surface area contributed by atoms with Crippen LogP contribution in [0.2, 0.25) is 0 Å². The molecule has 0 bridgehead atoms. The number of hydrogen-bond acceptors (Lipinski definition) is 6. The van der Waals surface area contributed by atoms with E-state index < -0.39 is 5.97 Å². The average Bonchev–Trinajstić information content (AvgIpc) is 2.72. The molecule has 0 atom stereocenters. The van der Waals surface area contributed by atoms with Gasteiger partial charge in [0.1, 0.15) is 5.82 Å². The summed E-state index contributed by atoms with van der Waals surface area (Å²) >= 11 is 0. The van der Waals surface area contributed by atoms with E-state index in [9.17, 15) is 14.7 Å². The van der Waals surface area contributed by atoms with Gasteiger partial charge >= 0.3 is 11.6 Å². The van der Waals surface area contributed by atoms with Crippen LogP contribution in [0, 0.1) is 5.92 Å². The van der Waals surface area contributed by atoms with Gasteiger partial charge in [0.2, 0.25) is 5.89 Å². The van der Waals surface area contributed by atoms with Gasteiger partial charge in [-0.25, -0.2) is 14.8 Å². The molecule has 0 amide bonds. The molecular formula is C23H23N3O4. The maximum atomic E-state index is 12.9. The Labute approximate surface area is 173 Å². The van der Waals surface area contributed by atoms with Crippen LogP contribution in [0.5, 0.6) is 0 Å². The van der Waals surface area contributed by atoms with Crippen molar-refractivity contribution in [2.45, 2.75) is 38.0 Å². The molecule has 3 heterocycles. The minimum absolute atomic E-state index is 0.252. The number of hydrogen-bond donors (Lipinski definition) is 1. The molecule has 2 fully saturated rings. The van der Waals surface area contributed by atoms with Gasteiger partial charge in [0, 0.05) is 19.3 Å². The van der Waals surface area contributed by atoms with Crippen LogP contribution >= 0.6 is 0 Å². The largest absolute Gasteiger partial charge is 0.481 e. The fourth-order valence-corrected chi connectivity index (χ4v) is 4.47. The highest BCUT2D eigenvalue weighted by Crippen LogP contribution is 2.39. The van der Waals surface area contributed by atoms with Gasteiger partial charge in [-0.1, -0.05) is 18.6 Å². The van der Waals surface area contributed by atoms with E-state index in [-0.39, 0.29) is 17.4 Å². The molecule has 1 aliphatic carbocycles. The fraction of sp³-hybridized carbons (Fsp3) is 0.391. The number of piperidine rings is 1. The highest BCUT2D eigenvalue weighted by molar-refractivity contribution is 5.84. The van der Waals surface area contributed by atoms with Gasteiger partial charge in [-0.3, -0.25) is 4.79 Å². The quantitative estimate of drug-likeness (QED) is 0.705. The first-order chi connectivity index (χ1) is 14.6. The number of rotatable bonds is 4. The lowest BCUT2D eigenvalue weighted by Gasteiger charge is -2.31. The third kappa shape index (κ3) is 3.24. The number of carbonyl (C=O) groups is 1. The van der Waals surface area contributed by atoms with Gasteiger partial charge in [-0.15, -0.1) is 0 Å². The molecule has 1 N–H and O–H groups in total. The predicted molar refractivity (Wildman–Crippen MR) is 113 cm³/mol. The number of benzene rings is 1. The maximum Gasteiger partial charge on any atom is 0.347 e. The molecule has 30 heavy (non-hydrogen) atoms. The summed E-state index contributed by atoms with van der Waals surface area (Å²) in [6.45, 7) is 1.18. The van der Waals surface area contributed by atoms with E-state index in [2.05, 4.69) is 9.97 Å². The first kappa shape index (κ1) is 18.8. The van der Waals surface area contributed by atoms with Crippen molar-refractivity contribution in [1.29, 1.82) is 0 Å². The molecule has 154 valence electrons. The van der Waals surface area contributed by atoms with Gasteiger partial charge in [0.05, 0.1) is 22.4 Å². The second-order valence-electron chi connectivity index (χ2n) is 8.15. The van der Waals surface area contributed by atoms with Crippen LogP contribution in [0.1, 0.15) is 43.6 Å². The Hall–Kier alpha value is -3.22. The zero-order valence-electron chi connectivity index (χ0n) is 16.6. The number of anilines is 1. The van der Waals surface area contributed by atoms with E-state index in [1.165, 1.54) is 6.42 Å². The number of pyridine rings is 1. The Morgan fingerprint density at radius 1 is 1.10 bits per heavy atom. The smallest absolute Gasteiger partial charge is 0.347 e. The molecule has 2 aliphatic rings. The van der Waals surface area contributed by atoms with E-state index >= 15 is 0 Å². The third-order valence-corrected chi connectivity index (χ3v) is 6.40. The molecule has 1 saturated carbocycles. The van der Waals surface area contributed by atoms with Crippen molar-refractivity contribution in [3.63, 3.8) is 0 Å². The van der Waals surface area contributed by atoms with Crippen molar-refractivity contribution in [3.05, 3.63) is 52.5 Å². The minimum Gasteiger partial charge on any atom is -0.481 e. The lowest BCUT2D eigenvalue weighted by molar-refractivity contribution is -0.142. The number of carboxylic acid groups (broad SMARTS) is 1. The molecule has 1 aliphatic heterocycles. The Morgan fingerprint density at radius 3 is 2.60 bits per heavy atom. The lowest BCUT2D eigenvalue weighted by atomic mass is 9.79. The zero-order chi connectivity index (χ0) is 20.7. The second-order valence-corrected chi connectivity index (χ2v) is 8.15. The van der Waals surface area contributed by atoms with Crippen molar-refractivity contribution in [3.8, 4) is 11.5 Å². The molecule has 2 aromatic heterocycles. The molecule has 7 heteroatoms. The van der Waals surface area contributed by atoms with Crippen molar-refractivity contribution < 1.29 is 14.3 Å². The molecular weight excluding hydrogens is 382 g/mol. The SMILES string of the molecule is O=C(O)C1CCN(c2ncccc2-c2nc3cccc(C4CCC4)c3c(=O)o2)CC1. The van der Waals surface area contributed by atoms with Crippen LogP contribution in [0.3, 0.4) is 0 Å². The first-order valence-electron chi connectivity index (χ1n) is 10.5. The highest BCUT2D eigenvalue weighted by Gasteiger charge is 2.28. The van der Waals surface area contributed by atoms with Gasteiger partial charge in [0.25, 0.3) is 0 Å². The van der Waals surface area contributed by atoms with Crippen molar-refractivity contribution in [2.75, 3.05) is 18.0 Å². The lowest BCUT2D eigenvalue weighted by Crippen LogP contribution is -2.37. The molecule has 7 nitrogen and oxygen atoms in total. The van der Waals surface area contributed by atoms with Gasteiger partial charge in [-0.2, -0.15) is 0 Å². The predicted octanol–water partition coefficient (Wildman–Crippen LogP) is 3.82. The summed E-state index contributed by atoms with van der Waals surface area (Å²) in [6.07, 6.45) is 6.20. The summed E-state index contributed by atoms with van der Waals surface area (Å²) in [5.41, 5.74) is 1.97. The molecule has 5 rings (SSSR count). The van der Waals surface area contributed by atoms with Crippen molar-refractivity contribution in [2.24, 2.45) is 5.92 Å². The van der Waals surface area contributed by atoms with Crippen molar-refractivity contribution >= 4 is 22.7 Å². The molecule has 3 aromatic rings. The number of fused-ring (bicyclic) bond motifs is 1. The number of nitrogens with zero attached hydrogens (tertiary/aromatic N) is 3. The molecule has 0 spiro atoms. The Bertz CT molecular complexity index is 1160. The Kier molecular flexibility index (Phi) is 4.73.